The maximum Gasteiger partial charge on any atom is 0.344 e. The van der Waals surface area contributed by atoms with Gasteiger partial charge in [0.25, 0.3) is 5.91 Å². The number of methoxy groups -OCH3 is 2. The van der Waals surface area contributed by atoms with Crippen molar-refractivity contribution >= 4 is 23.6 Å². The first-order valence-corrected chi connectivity index (χ1v) is 15.9. The Morgan fingerprint density at radius 2 is 1.65 bits per heavy atom. The van der Waals surface area contributed by atoms with Crippen molar-refractivity contribution in [3.05, 3.63) is 53.6 Å². The van der Waals surface area contributed by atoms with Crippen molar-refractivity contribution < 1.29 is 43.2 Å². The van der Waals surface area contributed by atoms with Gasteiger partial charge in [-0.05, 0) is 107 Å². The summed E-state index contributed by atoms with van der Waals surface area (Å²) in [4.78, 5) is 52.1. The number of carboxylic acid groups (broad SMARTS) is 1. The van der Waals surface area contributed by atoms with E-state index in [9.17, 15) is 24.3 Å². The maximum absolute atomic E-state index is 13.5. The summed E-state index contributed by atoms with van der Waals surface area (Å²) in [7, 11) is 3.18. The summed E-state index contributed by atoms with van der Waals surface area (Å²) >= 11 is 0. The second kappa shape index (κ2) is 16.0. The molecule has 1 fully saturated rings. The van der Waals surface area contributed by atoms with Crippen LogP contribution in [0.25, 0.3) is 0 Å². The Labute approximate surface area is 272 Å². The molecule has 1 N–H and O–H groups in total. The van der Waals surface area contributed by atoms with Gasteiger partial charge in [-0.15, -0.1) is 0 Å². The van der Waals surface area contributed by atoms with Crippen molar-refractivity contribution in [3.8, 4) is 17.2 Å². The number of nitrogens with zero attached hydrogens (tertiary/aromatic N) is 1. The minimum absolute atomic E-state index is 0.0258. The molecule has 1 amide bonds. The third-order valence-electron chi connectivity index (χ3n) is 8.31. The van der Waals surface area contributed by atoms with Gasteiger partial charge in [-0.2, -0.15) is 0 Å². The Morgan fingerprint density at radius 1 is 0.935 bits per heavy atom. The predicted molar refractivity (Wildman–Crippen MR) is 173 cm³/mol. The lowest BCUT2D eigenvalue weighted by Gasteiger charge is -2.35. The van der Waals surface area contributed by atoms with Crippen LogP contribution in [0.5, 0.6) is 17.2 Å². The highest BCUT2D eigenvalue weighted by Crippen LogP contribution is 2.36. The van der Waals surface area contributed by atoms with E-state index in [-0.39, 0.29) is 19.1 Å². The number of hydrogen-bond donors (Lipinski definition) is 1. The van der Waals surface area contributed by atoms with Crippen molar-refractivity contribution in [3.63, 3.8) is 0 Å². The van der Waals surface area contributed by atoms with Gasteiger partial charge in [0.1, 0.15) is 17.4 Å². The van der Waals surface area contributed by atoms with Crippen LogP contribution in [0, 0.1) is 5.41 Å². The van der Waals surface area contributed by atoms with Gasteiger partial charge in [0.15, 0.2) is 18.1 Å². The van der Waals surface area contributed by atoms with Crippen LogP contribution in [0.1, 0.15) is 90.2 Å². The number of carbonyl (C=O) groups is 4. The smallest absolute Gasteiger partial charge is 0.344 e. The topological polar surface area (TPSA) is 129 Å². The van der Waals surface area contributed by atoms with E-state index in [1.807, 2.05) is 36.4 Å². The van der Waals surface area contributed by atoms with Crippen molar-refractivity contribution in [1.82, 2.24) is 4.90 Å². The Bertz CT molecular complexity index is 1380. The number of rotatable bonds is 15. The van der Waals surface area contributed by atoms with Crippen molar-refractivity contribution in [2.24, 2.45) is 5.41 Å². The third-order valence-corrected chi connectivity index (χ3v) is 8.31. The van der Waals surface area contributed by atoms with E-state index < -0.39 is 40.7 Å². The van der Waals surface area contributed by atoms with Crippen LogP contribution >= 0.6 is 0 Å². The van der Waals surface area contributed by atoms with Crippen LogP contribution in [0.2, 0.25) is 0 Å². The van der Waals surface area contributed by atoms with E-state index in [0.29, 0.717) is 55.8 Å². The maximum atomic E-state index is 13.5. The Kier molecular flexibility index (Phi) is 12.6. The Balaban J connectivity index is 1.80. The zero-order chi connectivity index (χ0) is 34.1. The van der Waals surface area contributed by atoms with Crippen LogP contribution < -0.4 is 14.2 Å². The lowest BCUT2D eigenvalue weighted by Crippen LogP contribution is -2.52. The van der Waals surface area contributed by atoms with E-state index in [1.165, 1.54) is 4.90 Å². The highest BCUT2D eigenvalue weighted by molar-refractivity contribution is 6.38. The molecule has 10 heteroatoms. The summed E-state index contributed by atoms with van der Waals surface area (Å²) in [5.74, 6) is -1.07. The number of amides is 1. The molecule has 46 heavy (non-hydrogen) atoms. The number of aryl methyl sites for hydroxylation is 1. The van der Waals surface area contributed by atoms with E-state index in [4.69, 9.17) is 18.9 Å². The highest BCUT2D eigenvalue weighted by Gasteiger charge is 2.41. The van der Waals surface area contributed by atoms with E-state index in [0.717, 1.165) is 17.5 Å². The van der Waals surface area contributed by atoms with Gasteiger partial charge in [-0.1, -0.05) is 32.0 Å². The van der Waals surface area contributed by atoms with Gasteiger partial charge in [0.2, 0.25) is 5.78 Å². The molecule has 1 heterocycles. The van der Waals surface area contributed by atoms with Crippen LogP contribution in [-0.2, 0) is 30.3 Å². The molecule has 1 aliphatic rings. The molecule has 0 aromatic heterocycles. The van der Waals surface area contributed by atoms with Crippen molar-refractivity contribution in [2.75, 3.05) is 27.4 Å². The number of carbonyl (C=O) groups excluding carboxylic acids is 3. The number of esters is 1. The van der Waals surface area contributed by atoms with Crippen LogP contribution in [0.3, 0.4) is 0 Å². The van der Waals surface area contributed by atoms with E-state index in [1.54, 1.807) is 54.9 Å². The summed E-state index contributed by atoms with van der Waals surface area (Å²) < 4.78 is 22.0. The molecule has 2 unspecified atom stereocenters. The fraction of sp³-hybridized carbons (Fsp3) is 0.556. The molecule has 1 saturated heterocycles. The summed E-state index contributed by atoms with van der Waals surface area (Å²) in [6.07, 6.45) is 4.14. The zero-order valence-corrected chi connectivity index (χ0v) is 28.2. The lowest BCUT2D eigenvalue weighted by molar-refractivity contribution is -0.158. The van der Waals surface area contributed by atoms with Crippen LogP contribution in [0.4, 0.5) is 0 Å². The summed E-state index contributed by atoms with van der Waals surface area (Å²) in [5, 5.41) is 9.64. The molecule has 2 aromatic carbocycles. The summed E-state index contributed by atoms with van der Waals surface area (Å²) in [6, 6.07) is 12.4. The molecule has 2 aromatic rings. The monoisotopic (exact) mass is 639 g/mol. The predicted octanol–water partition coefficient (Wildman–Crippen LogP) is 5.98. The largest absolute Gasteiger partial charge is 0.493 e. The standard InChI is InChI=1S/C36H49NO9/c1-35(2,3)46-31(38)23-45-27-12-10-11-26(22-27)25(16-14-24-15-17-29(43-6)30(21-24)44-7)18-19-36(4,5)32(39)33(40)37-20-9-8-13-28(37)34(41)42/h10-12,15,17,21-22,25,28H,8-9,13-14,16,18-20,23H2,1-7H3,(H,41,42). The van der Waals surface area contributed by atoms with Crippen molar-refractivity contribution in [2.45, 2.75) is 97.1 Å². The second-order valence-electron chi connectivity index (χ2n) is 13.5. The number of Topliss-reactive ketones (excluding diaryl/α,β-unsaturated/α-hetero) is 1. The zero-order valence-electron chi connectivity index (χ0n) is 28.2. The molecule has 0 radical (unpaired) electrons. The Morgan fingerprint density at radius 3 is 2.30 bits per heavy atom. The van der Waals surface area contributed by atoms with Gasteiger partial charge in [-0.25, -0.2) is 9.59 Å². The molecule has 252 valence electrons. The SMILES string of the molecule is COc1ccc(CCC(CCC(C)(C)C(=O)C(=O)N2CCCCC2C(=O)O)c2cccc(OCC(=O)OC(C)(C)C)c2)cc1OC. The first-order chi connectivity index (χ1) is 21.6. The van der Waals surface area contributed by atoms with Gasteiger partial charge in [0.05, 0.1) is 14.2 Å². The van der Waals surface area contributed by atoms with Crippen LogP contribution in [-0.4, -0.2) is 72.6 Å². The van der Waals surface area contributed by atoms with E-state index >= 15 is 0 Å². The lowest BCUT2D eigenvalue weighted by atomic mass is 9.77. The fourth-order valence-corrected chi connectivity index (χ4v) is 5.73. The van der Waals surface area contributed by atoms with Crippen LogP contribution in [0.15, 0.2) is 42.5 Å². The first kappa shape index (κ1) is 36.4. The minimum atomic E-state index is -1.08. The molecule has 0 saturated carbocycles. The van der Waals surface area contributed by atoms with Gasteiger partial charge < -0.3 is 29.0 Å². The third kappa shape index (κ3) is 10.2. The number of piperidine rings is 1. The second-order valence-corrected chi connectivity index (χ2v) is 13.5. The number of hydrogen-bond acceptors (Lipinski definition) is 8. The number of likely N-dealkylation sites (tertiary alicyclic amines) is 1. The number of ether oxygens (including phenoxy) is 4. The fourth-order valence-electron chi connectivity index (χ4n) is 5.73. The molecular formula is C36H49NO9. The number of aliphatic carboxylic acids is 1. The molecule has 3 rings (SSSR count). The summed E-state index contributed by atoms with van der Waals surface area (Å²) in [6.45, 7) is 8.93. The highest BCUT2D eigenvalue weighted by atomic mass is 16.6. The average Bonchev–Trinajstić information content (AvgIpc) is 3.02. The molecule has 0 bridgehead atoms. The molecule has 1 aliphatic heterocycles. The Hall–Kier alpha value is -4.08. The molecule has 0 spiro atoms. The van der Waals surface area contributed by atoms with Crippen molar-refractivity contribution in [1.29, 1.82) is 0 Å². The molecule has 10 nitrogen and oxygen atoms in total. The molecular weight excluding hydrogens is 590 g/mol. The van der Waals surface area contributed by atoms with E-state index in [2.05, 4.69) is 0 Å². The minimum Gasteiger partial charge on any atom is -0.493 e. The first-order valence-electron chi connectivity index (χ1n) is 15.9. The van der Waals surface area contributed by atoms with Gasteiger partial charge >= 0.3 is 11.9 Å². The normalized spacial score (nSPS) is 15.9. The number of ketones is 1. The quantitative estimate of drug-likeness (QED) is 0.185. The average molecular weight is 640 g/mol. The summed E-state index contributed by atoms with van der Waals surface area (Å²) in [5.41, 5.74) is 0.393. The molecule has 0 aliphatic carbocycles. The molecule has 2 atom stereocenters. The van der Waals surface area contributed by atoms with Gasteiger partial charge in [-0.3, -0.25) is 9.59 Å². The number of carboxylic acids is 1. The van der Waals surface area contributed by atoms with Gasteiger partial charge in [0, 0.05) is 12.0 Å². The number of benzene rings is 2.